The van der Waals surface area contributed by atoms with Crippen LogP contribution in [0.15, 0.2) is 40.6 Å². The summed E-state index contributed by atoms with van der Waals surface area (Å²) in [7, 11) is 0. The summed E-state index contributed by atoms with van der Waals surface area (Å²) in [5.41, 5.74) is 1.04. The molecule has 0 radical (unpaired) electrons. The zero-order valence-electron chi connectivity index (χ0n) is 11.6. The van der Waals surface area contributed by atoms with E-state index in [-0.39, 0.29) is 0 Å². The van der Waals surface area contributed by atoms with Crippen LogP contribution in [0.4, 0.5) is 5.82 Å². The summed E-state index contributed by atoms with van der Waals surface area (Å²) in [5, 5.41) is 2.08. The largest absolute Gasteiger partial charge is 0.468 e. The molecule has 6 heteroatoms. The quantitative estimate of drug-likeness (QED) is 0.744. The van der Waals surface area contributed by atoms with Gasteiger partial charge in [0.15, 0.2) is 0 Å². The molecule has 0 unspecified atom stereocenters. The molecule has 1 aliphatic rings. The molecule has 4 rings (SSSR count). The van der Waals surface area contributed by atoms with Gasteiger partial charge in [-0.2, -0.15) is 0 Å². The Hall–Kier alpha value is -1.92. The SMILES string of the molecule is c1coc(CN2CCN(c3ncnc4ccsc34)CC2)c1. The number of anilines is 1. The zero-order chi connectivity index (χ0) is 14.1. The van der Waals surface area contributed by atoms with Crippen LogP contribution >= 0.6 is 11.3 Å². The van der Waals surface area contributed by atoms with E-state index in [0.717, 1.165) is 49.8 Å². The highest BCUT2D eigenvalue weighted by atomic mass is 32.1. The Balaban J connectivity index is 1.46. The molecule has 0 aliphatic carbocycles. The molecule has 3 aromatic rings. The van der Waals surface area contributed by atoms with Crippen molar-refractivity contribution in [1.82, 2.24) is 14.9 Å². The first-order chi connectivity index (χ1) is 10.4. The van der Waals surface area contributed by atoms with Crippen LogP contribution in [0.5, 0.6) is 0 Å². The lowest BCUT2D eigenvalue weighted by atomic mass is 10.3. The van der Waals surface area contributed by atoms with Crippen molar-refractivity contribution in [3.05, 3.63) is 41.9 Å². The summed E-state index contributed by atoms with van der Waals surface area (Å²) in [6.45, 7) is 4.92. The molecule has 1 saturated heterocycles. The minimum absolute atomic E-state index is 0.888. The van der Waals surface area contributed by atoms with Crippen LogP contribution in [0.3, 0.4) is 0 Å². The molecule has 0 saturated carbocycles. The fraction of sp³-hybridized carbons (Fsp3) is 0.333. The van der Waals surface area contributed by atoms with Crippen molar-refractivity contribution in [2.75, 3.05) is 31.1 Å². The maximum atomic E-state index is 5.42. The molecule has 0 spiro atoms. The van der Waals surface area contributed by atoms with Crippen LogP contribution in [0, 0.1) is 0 Å². The van der Waals surface area contributed by atoms with Crippen molar-refractivity contribution < 1.29 is 4.42 Å². The fourth-order valence-electron chi connectivity index (χ4n) is 2.74. The normalized spacial score (nSPS) is 16.7. The number of furan rings is 1. The number of rotatable bonds is 3. The summed E-state index contributed by atoms with van der Waals surface area (Å²) >= 11 is 1.72. The van der Waals surface area contributed by atoms with E-state index in [1.165, 1.54) is 4.70 Å². The van der Waals surface area contributed by atoms with E-state index in [0.29, 0.717) is 0 Å². The fourth-order valence-corrected chi connectivity index (χ4v) is 3.60. The van der Waals surface area contributed by atoms with E-state index < -0.39 is 0 Å². The summed E-state index contributed by atoms with van der Waals surface area (Å²) < 4.78 is 6.61. The number of fused-ring (bicyclic) bond motifs is 1. The van der Waals surface area contributed by atoms with E-state index in [1.807, 2.05) is 12.1 Å². The third kappa shape index (κ3) is 2.52. The van der Waals surface area contributed by atoms with E-state index in [9.17, 15) is 0 Å². The van der Waals surface area contributed by atoms with Crippen LogP contribution in [-0.4, -0.2) is 41.0 Å². The van der Waals surface area contributed by atoms with Gasteiger partial charge in [-0.05, 0) is 23.6 Å². The number of aromatic nitrogens is 2. The second-order valence-electron chi connectivity index (χ2n) is 5.17. The van der Waals surface area contributed by atoms with Gasteiger partial charge in [0.1, 0.15) is 17.9 Å². The number of hydrogen-bond acceptors (Lipinski definition) is 6. The highest BCUT2D eigenvalue weighted by Gasteiger charge is 2.20. The molecule has 0 N–H and O–H groups in total. The van der Waals surface area contributed by atoms with E-state index >= 15 is 0 Å². The molecule has 0 bridgehead atoms. The van der Waals surface area contributed by atoms with E-state index in [4.69, 9.17) is 4.42 Å². The lowest BCUT2D eigenvalue weighted by Gasteiger charge is -2.35. The van der Waals surface area contributed by atoms with Crippen LogP contribution < -0.4 is 4.90 Å². The van der Waals surface area contributed by atoms with Crippen molar-refractivity contribution in [3.63, 3.8) is 0 Å². The Labute approximate surface area is 126 Å². The standard InChI is InChI=1S/C15H16N4OS/c1-2-12(20-8-1)10-18-4-6-19(7-5-18)15-14-13(3-9-21-14)16-11-17-15/h1-3,8-9,11H,4-7,10H2. The Kier molecular flexibility index (Phi) is 3.33. The first-order valence-corrected chi connectivity index (χ1v) is 7.96. The number of piperazine rings is 1. The van der Waals surface area contributed by atoms with Gasteiger partial charge in [0.2, 0.25) is 0 Å². The average molecular weight is 300 g/mol. The molecule has 3 aromatic heterocycles. The Morgan fingerprint density at radius 2 is 2.05 bits per heavy atom. The minimum atomic E-state index is 0.888. The van der Waals surface area contributed by atoms with Gasteiger partial charge in [0.05, 0.1) is 23.0 Å². The van der Waals surface area contributed by atoms with Gasteiger partial charge in [0, 0.05) is 26.2 Å². The zero-order valence-corrected chi connectivity index (χ0v) is 12.4. The van der Waals surface area contributed by atoms with Crippen LogP contribution in [0.2, 0.25) is 0 Å². The van der Waals surface area contributed by atoms with Crippen molar-refractivity contribution in [2.24, 2.45) is 0 Å². The Bertz CT molecular complexity index is 716. The van der Waals surface area contributed by atoms with Crippen LogP contribution in [-0.2, 0) is 6.54 Å². The lowest BCUT2D eigenvalue weighted by molar-refractivity contribution is 0.230. The highest BCUT2D eigenvalue weighted by molar-refractivity contribution is 7.17. The van der Waals surface area contributed by atoms with Crippen LogP contribution in [0.25, 0.3) is 10.2 Å². The molecule has 5 nitrogen and oxygen atoms in total. The summed E-state index contributed by atoms with van der Waals surface area (Å²) in [5.74, 6) is 2.11. The first-order valence-electron chi connectivity index (χ1n) is 7.08. The molecule has 21 heavy (non-hydrogen) atoms. The van der Waals surface area contributed by atoms with Gasteiger partial charge in [-0.15, -0.1) is 11.3 Å². The third-order valence-corrected chi connectivity index (χ3v) is 4.76. The molecule has 0 aromatic carbocycles. The molecular weight excluding hydrogens is 284 g/mol. The maximum Gasteiger partial charge on any atom is 0.150 e. The molecular formula is C15H16N4OS. The first kappa shape index (κ1) is 12.8. The lowest BCUT2D eigenvalue weighted by Crippen LogP contribution is -2.46. The molecule has 0 atom stereocenters. The van der Waals surface area contributed by atoms with Crippen molar-refractivity contribution in [3.8, 4) is 0 Å². The highest BCUT2D eigenvalue weighted by Crippen LogP contribution is 2.28. The Morgan fingerprint density at radius 1 is 1.14 bits per heavy atom. The second-order valence-corrected chi connectivity index (χ2v) is 6.09. The summed E-state index contributed by atoms with van der Waals surface area (Å²) in [6, 6.07) is 6.03. The predicted molar refractivity (Wildman–Crippen MR) is 83.6 cm³/mol. The summed E-state index contributed by atoms with van der Waals surface area (Å²) in [6.07, 6.45) is 3.40. The van der Waals surface area contributed by atoms with E-state index in [2.05, 4.69) is 31.2 Å². The molecule has 1 fully saturated rings. The van der Waals surface area contributed by atoms with Gasteiger partial charge in [-0.1, -0.05) is 0 Å². The van der Waals surface area contributed by atoms with Gasteiger partial charge in [-0.3, -0.25) is 4.90 Å². The number of nitrogens with zero attached hydrogens (tertiary/aromatic N) is 4. The van der Waals surface area contributed by atoms with Crippen LogP contribution in [0.1, 0.15) is 5.76 Å². The third-order valence-electron chi connectivity index (χ3n) is 3.86. The minimum Gasteiger partial charge on any atom is -0.468 e. The Morgan fingerprint density at radius 3 is 2.86 bits per heavy atom. The molecule has 108 valence electrons. The molecule has 0 amide bonds. The van der Waals surface area contributed by atoms with Gasteiger partial charge in [0.25, 0.3) is 0 Å². The monoisotopic (exact) mass is 300 g/mol. The van der Waals surface area contributed by atoms with Crippen molar-refractivity contribution in [1.29, 1.82) is 0 Å². The van der Waals surface area contributed by atoms with Gasteiger partial charge >= 0.3 is 0 Å². The van der Waals surface area contributed by atoms with Crippen molar-refractivity contribution in [2.45, 2.75) is 6.54 Å². The van der Waals surface area contributed by atoms with E-state index in [1.54, 1.807) is 23.9 Å². The van der Waals surface area contributed by atoms with Gasteiger partial charge < -0.3 is 9.32 Å². The molecule has 4 heterocycles. The smallest absolute Gasteiger partial charge is 0.150 e. The number of hydrogen-bond donors (Lipinski definition) is 0. The van der Waals surface area contributed by atoms with Crippen molar-refractivity contribution >= 4 is 27.4 Å². The predicted octanol–water partition coefficient (Wildman–Crippen LogP) is 2.61. The second kappa shape index (κ2) is 5.46. The average Bonchev–Trinajstić information content (AvgIpc) is 3.18. The summed E-state index contributed by atoms with van der Waals surface area (Å²) in [4.78, 5) is 13.6. The van der Waals surface area contributed by atoms with Gasteiger partial charge in [-0.25, -0.2) is 9.97 Å². The molecule has 1 aliphatic heterocycles. The maximum absolute atomic E-state index is 5.42. The topological polar surface area (TPSA) is 45.4 Å². The number of thiophene rings is 1.